The molecule has 2 heterocycles. The molecule has 0 aliphatic heterocycles. The summed E-state index contributed by atoms with van der Waals surface area (Å²) in [5.74, 6) is 5.65. The predicted molar refractivity (Wildman–Crippen MR) is 85.6 cm³/mol. The van der Waals surface area contributed by atoms with Crippen molar-refractivity contribution in [2.24, 2.45) is 5.84 Å². The van der Waals surface area contributed by atoms with Crippen LogP contribution >= 0.6 is 11.3 Å². The maximum atomic E-state index is 12.3. The normalized spacial score (nSPS) is 10.5. The number of amides is 1. The molecule has 0 atom stereocenters. The van der Waals surface area contributed by atoms with Gasteiger partial charge in [0.15, 0.2) is 5.13 Å². The van der Waals surface area contributed by atoms with Gasteiger partial charge in [-0.1, -0.05) is 13.8 Å². The van der Waals surface area contributed by atoms with Gasteiger partial charge < -0.3 is 5.43 Å². The Morgan fingerprint density at radius 1 is 1.29 bits per heavy atom. The van der Waals surface area contributed by atoms with E-state index in [4.69, 9.17) is 5.84 Å². The molecule has 112 valence electrons. The number of hydrogen-bond acceptors (Lipinski definition) is 6. The molecule has 0 radical (unpaired) electrons. The van der Waals surface area contributed by atoms with Crippen LogP contribution in [0.1, 0.15) is 40.5 Å². The number of hydrazine groups is 1. The van der Waals surface area contributed by atoms with E-state index in [1.807, 2.05) is 20.8 Å². The molecule has 6 nitrogen and oxygen atoms in total. The van der Waals surface area contributed by atoms with Crippen LogP contribution in [-0.4, -0.2) is 15.9 Å². The summed E-state index contributed by atoms with van der Waals surface area (Å²) in [6.07, 6.45) is 1.58. The average Bonchev–Trinajstić information content (AvgIpc) is 2.86. The van der Waals surface area contributed by atoms with Crippen LogP contribution < -0.4 is 16.6 Å². The molecule has 0 fully saturated rings. The van der Waals surface area contributed by atoms with E-state index in [1.54, 1.807) is 12.1 Å². The van der Waals surface area contributed by atoms with Crippen molar-refractivity contribution in [3.05, 3.63) is 34.0 Å². The first-order chi connectivity index (χ1) is 10.1. The summed E-state index contributed by atoms with van der Waals surface area (Å²) in [5, 5.41) is 3.45. The van der Waals surface area contributed by atoms with Gasteiger partial charge in [-0.3, -0.25) is 10.1 Å². The first kappa shape index (κ1) is 15.4. The summed E-state index contributed by atoms with van der Waals surface area (Å²) in [6, 6.07) is 3.38. The van der Waals surface area contributed by atoms with E-state index < -0.39 is 0 Å². The van der Waals surface area contributed by atoms with Gasteiger partial charge in [-0.2, -0.15) is 0 Å². The van der Waals surface area contributed by atoms with Gasteiger partial charge in [0.2, 0.25) is 0 Å². The Morgan fingerprint density at radius 3 is 2.62 bits per heavy atom. The molecular formula is C14H19N5OS. The molecule has 0 aliphatic carbocycles. The zero-order valence-electron chi connectivity index (χ0n) is 12.4. The number of anilines is 2. The van der Waals surface area contributed by atoms with Gasteiger partial charge in [0.25, 0.3) is 5.91 Å². The second-order valence-electron chi connectivity index (χ2n) is 4.56. The number of aromatic nitrogens is 2. The van der Waals surface area contributed by atoms with E-state index in [2.05, 4.69) is 20.7 Å². The van der Waals surface area contributed by atoms with Crippen molar-refractivity contribution in [1.29, 1.82) is 0 Å². The second-order valence-corrected chi connectivity index (χ2v) is 5.76. The molecule has 0 aliphatic rings. The fourth-order valence-electron chi connectivity index (χ4n) is 1.95. The first-order valence-electron chi connectivity index (χ1n) is 6.82. The van der Waals surface area contributed by atoms with E-state index in [0.717, 1.165) is 29.1 Å². The molecule has 2 rings (SSSR count). The van der Waals surface area contributed by atoms with Crippen LogP contribution in [0, 0.1) is 6.92 Å². The van der Waals surface area contributed by atoms with Crippen LogP contribution in [0.25, 0.3) is 0 Å². The highest BCUT2D eigenvalue weighted by molar-refractivity contribution is 7.15. The molecule has 0 saturated carbocycles. The third-order valence-electron chi connectivity index (χ3n) is 3.10. The van der Waals surface area contributed by atoms with Crippen LogP contribution in [0.2, 0.25) is 0 Å². The van der Waals surface area contributed by atoms with E-state index in [0.29, 0.717) is 16.5 Å². The maximum Gasteiger partial charge on any atom is 0.257 e. The van der Waals surface area contributed by atoms with Gasteiger partial charge in [0, 0.05) is 16.1 Å². The number of aryl methyl sites for hydroxylation is 3. The smallest absolute Gasteiger partial charge is 0.257 e. The Bertz CT molecular complexity index is 631. The molecule has 4 N–H and O–H groups in total. The SMILES string of the molecule is CCc1cc(C(=O)Nc2nc(CC)c(C)s2)cc(NN)n1. The summed E-state index contributed by atoms with van der Waals surface area (Å²) in [5.41, 5.74) is 4.82. The fourth-order valence-corrected chi connectivity index (χ4v) is 2.85. The number of nitrogens with one attached hydrogen (secondary N) is 2. The number of carbonyl (C=O) groups excluding carboxylic acids is 1. The number of carbonyl (C=O) groups is 1. The number of nitrogen functional groups attached to an aromatic ring is 1. The van der Waals surface area contributed by atoms with Gasteiger partial charge in [-0.15, -0.1) is 11.3 Å². The van der Waals surface area contributed by atoms with Crippen LogP contribution in [0.3, 0.4) is 0 Å². The lowest BCUT2D eigenvalue weighted by Crippen LogP contribution is -2.15. The molecule has 0 unspecified atom stereocenters. The summed E-state index contributed by atoms with van der Waals surface area (Å²) < 4.78 is 0. The highest BCUT2D eigenvalue weighted by Gasteiger charge is 2.13. The van der Waals surface area contributed by atoms with E-state index in [1.165, 1.54) is 11.3 Å². The highest BCUT2D eigenvalue weighted by atomic mass is 32.1. The molecule has 2 aromatic rings. The summed E-state index contributed by atoms with van der Waals surface area (Å²) >= 11 is 1.48. The van der Waals surface area contributed by atoms with Crippen molar-refractivity contribution in [2.75, 3.05) is 10.7 Å². The van der Waals surface area contributed by atoms with Crippen molar-refractivity contribution >= 4 is 28.2 Å². The largest absolute Gasteiger partial charge is 0.308 e. The van der Waals surface area contributed by atoms with Crippen molar-refractivity contribution in [1.82, 2.24) is 9.97 Å². The number of hydrogen-bond donors (Lipinski definition) is 3. The standard InChI is InChI=1S/C14H19N5OS/c1-4-10-6-9(7-12(16-10)19-15)13(20)18-14-17-11(5-2)8(3)21-14/h6-7H,4-5,15H2,1-3H3,(H,16,19)(H,17,18,20). The maximum absolute atomic E-state index is 12.3. The van der Waals surface area contributed by atoms with Crippen molar-refractivity contribution in [3.8, 4) is 0 Å². The van der Waals surface area contributed by atoms with E-state index in [9.17, 15) is 4.79 Å². The van der Waals surface area contributed by atoms with Gasteiger partial charge in [-0.25, -0.2) is 15.8 Å². The Hall–Kier alpha value is -1.99. The molecular weight excluding hydrogens is 286 g/mol. The molecule has 0 saturated heterocycles. The Morgan fingerprint density at radius 2 is 2.05 bits per heavy atom. The Labute approximate surface area is 127 Å². The third kappa shape index (κ3) is 3.56. The minimum Gasteiger partial charge on any atom is -0.308 e. The molecule has 21 heavy (non-hydrogen) atoms. The first-order valence-corrected chi connectivity index (χ1v) is 7.64. The fraction of sp³-hybridized carbons (Fsp3) is 0.357. The quantitative estimate of drug-likeness (QED) is 0.583. The van der Waals surface area contributed by atoms with Crippen LogP contribution in [0.5, 0.6) is 0 Å². The summed E-state index contributed by atoms with van der Waals surface area (Å²) in [7, 11) is 0. The zero-order valence-corrected chi connectivity index (χ0v) is 13.2. The van der Waals surface area contributed by atoms with Gasteiger partial charge >= 0.3 is 0 Å². The lowest BCUT2D eigenvalue weighted by atomic mass is 10.2. The minimum atomic E-state index is -0.208. The third-order valence-corrected chi connectivity index (χ3v) is 4.03. The molecule has 0 aromatic carbocycles. The molecule has 0 spiro atoms. The van der Waals surface area contributed by atoms with Gasteiger partial charge in [0.05, 0.1) is 5.69 Å². The Balaban J connectivity index is 2.23. The van der Waals surface area contributed by atoms with Crippen LogP contribution in [0.4, 0.5) is 10.9 Å². The van der Waals surface area contributed by atoms with Crippen molar-refractivity contribution < 1.29 is 4.79 Å². The lowest BCUT2D eigenvalue weighted by Gasteiger charge is -2.07. The number of nitrogens with two attached hydrogens (primary N) is 1. The summed E-state index contributed by atoms with van der Waals surface area (Å²) in [4.78, 5) is 22.1. The number of rotatable bonds is 5. The minimum absolute atomic E-state index is 0.208. The second kappa shape index (κ2) is 6.64. The molecule has 0 bridgehead atoms. The van der Waals surface area contributed by atoms with Crippen molar-refractivity contribution in [2.45, 2.75) is 33.6 Å². The van der Waals surface area contributed by atoms with Crippen molar-refractivity contribution in [3.63, 3.8) is 0 Å². The summed E-state index contributed by atoms with van der Waals surface area (Å²) in [6.45, 7) is 6.02. The predicted octanol–water partition coefficient (Wildman–Crippen LogP) is 2.51. The number of pyridine rings is 1. The van der Waals surface area contributed by atoms with Crippen LogP contribution in [-0.2, 0) is 12.8 Å². The zero-order chi connectivity index (χ0) is 15.4. The molecule has 7 heteroatoms. The highest BCUT2D eigenvalue weighted by Crippen LogP contribution is 2.23. The Kier molecular flexibility index (Phi) is 4.87. The number of nitrogens with zero attached hydrogens (tertiary/aromatic N) is 2. The molecule has 2 aromatic heterocycles. The van der Waals surface area contributed by atoms with E-state index in [-0.39, 0.29) is 5.91 Å². The average molecular weight is 305 g/mol. The topological polar surface area (TPSA) is 92.9 Å². The van der Waals surface area contributed by atoms with E-state index >= 15 is 0 Å². The van der Waals surface area contributed by atoms with Gasteiger partial charge in [0.1, 0.15) is 5.82 Å². The molecule has 1 amide bonds. The van der Waals surface area contributed by atoms with Gasteiger partial charge in [-0.05, 0) is 31.9 Å². The van der Waals surface area contributed by atoms with Crippen LogP contribution in [0.15, 0.2) is 12.1 Å². The number of thiazole rings is 1. The lowest BCUT2D eigenvalue weighted by molar-refractivity contribution is 0.102. The monoisotopic (exact) mass is 305 g/mol.